The predicted octanol–water partition coefficient (Wildman–Crippen LogP) is 1.45. The van der Waals surface area contributed by atoms with Crippen LogP contribution >= 0.6 is 0 Å². The molecule has 0 saturated carbocycles. The Hall–Kier alpha value is -3.28. The Balaban J connectivity index is 1.40. The molecule has 0 radical (unpaired) electrons. The maximum Gasteiger partial charge on any atom is 0.261 e. The molecule has 1 amide bonds. The summed E-state index contributed by atoms with van der Waals surface area (Å²) >= 11 is 0. The fourth-order valence-electron chi connectivity index (χ4n) is 4.17. The van der Waals surface area contributed by atoms with Crippen LogP contribution in [0.25, 0.3) is 10.9 Å². The topological polar surface area (TPSA) is 114 Å². The molecule has 1 fully saturated rings. The SMILES string of the molecule is COc1ccc(S(=O)(=O)N2CCN(CCc3nc4ccc(NC(C)=O)cc4c(=O)n3C)CC2)cc1. The third kappa shape index (κ3) is 5.37. The number of aromatic nitrogens is 2. The molecule has 0 bridgehead atoms. The van der Waals surface area contributed by atoms with Gasteiger partial charge in [0.2, 0.25) is 15.9 Å². The lowest BCUT2D eigenvalue weighted by atomic mass is 10.2. The van der Waals surface area contributed by atoms with Gasteiger partial charge in [-0.2, -0.15) is 4.31 Å². The van der Waals surface area contributed by atoms with E-state index >= 15 is 0 Å². The number of benzene rings is 2. The van der Waals surface area contributed by atoms with Crippen molar-refractivity contribution in [3.8, 4) is 5.75 Å². The van der Waals surface area contributed by atoms with Gasteiger partial charge >= 0.3 is 0 Å². The summed E-state index contributed by atoms with van der Waals surface area (Å²) in [5.74, 6) is 1.06. The number of nitrogens with zero attached hydrogens (tertiary/aromatic N) is 4. The molecule has 1 N–H and O–H groups in total. The van der Waals surface area contributed by atoms with Gasteiger partial charge in [0.15, 0.2) is 0 Å². The van der Waals surface area contributed by atoms with E-state index in [1.807, 2.05) is 0 Å². The van der Waals surface area contributed by atoms with Crippen LogP contribution in [0.1, 0.15) is 12.7 Å². The first-order valence-electron chi connectivity index (χ1n) is 11.3. The summed E-state index contributed by atoms with van der Waals surface area (Å²) < 4.78 is 34.1. The molecule has 11 heteroatoms. The number of hydrogen-bond donors (Lipinski definition) is 1. The van der Waals surface area contributed by atoms with Gasteiger partial charge < -0.3 is 15.0 Å². The van der Waals surface area contributed by atoms with Gasteiger partial charge in [-0.15, -0.1) is 0 Å². The number of anilines is 1. The highest BCUT2D eigenvalue weighted by molar-refractivity contribution is 7.89. The normalized spacial score (nSPS) is 15.3. The van der Waals surface area contributed by atoms with Crippen molar-refractivity contribution >= 4 is 32.5 Å². The second kappa shape index (κ2) is 10.1. The Morgan fingerprint density at radius 2 is 1.77 bits per heavy atom. The number of hydrogen-bond acceptors (Lipinski definition) is 7. The third-order valence-corrected chi connectivity index (χ3v) is 8.08. The molecule has 4 rings (SSSR count). The van der Waals surface area contributed by atoms with E-state index in [2.05, 4.69) is 15.2 Å². The number of methoxy groups -OCH3 is 1. The summed E-state index contributed by atoms with van der Waals surface area (Å²) in [6, 6.07) is 11.5. The Kier molecular flexibility index (Phi) is 7.20. The zero-order valence-electron chi connectivity index (χ0n) is 20.0. The van der Waals surface area contributed by atoms with Crippen molar-refractivity contribution in [1.29, 1.82) is 0 Å². The van der Waals surface area contributed by atoms with Gasteiger partial charge in [-0.1, -0.05) is 0 Å². The number of carbonyl (C=O) groups is 1. The van der Waals surface area contributed by atoms with Crippen LogP contribution in [0.2, 0.25) is 0 Å². The number of ether oxygens (including phenoxy) is 1. The maximum absolute atomic E-state index is 13.0. The Labute approximate surface area is 204 Å². The van der Waals surface area contributed by atoms with Crippen LogP contribution < -0.4 is 15.6 Å². The molecule has 1 aliphatic heterocycles. The van der Waals surface area contributed by atoms with Gasteiger partial charge in [0.25, 0.3) is 5.56 Å². The highest BCUT2D eigenvalue weighted by atomic mass is 32.2. The average molecular weight is 500 g/mol. The maximum atomic E-state index is 13.0. The van der Waals surface area contributed by atoms with Crippen LogP contribution in [-0.4, -0.2) is 72.9 Å². The summed E-state index contributed by atoms with van der Waals surface area (Å²) in [6.07, 6.45) is 0.556. The Morgan fingerprint density at radius 3 is 2.40 bits per heavy atom. The third-order valence-electron chi connectivity index (χ3n) is 6.17. The first-order chi connectivity index (χ1) is 16.7. The Bertz CT molecular complexity index is 1390. The quantitative estimate of drug-likeness (QED) is 0.523. The molecule has 1 aromatic heterocycles. The second-order valence-corrected chi connectivity index (χ2v) is 10.4. The number of sulfonamides is 1. The van der Waals surface area contributed by atoms with E-state index in [9.17, 15) is 18.0 Å². The van der Waals surface area contributed by atoms with E-state index in [-0.39, 0.29) is 16.4 Å². The smallest absolute Gasteiger partial charge is 0.261 e. The number of fused-ring (bicyclic) bond motifs is 1. The molecule has 0 aliphatic carbocycles. The number of nitrogens with one attached hydrogen (secondary N) is 1. The van der Waals surface area contributed by atoms with E-state index < -0.39 is 10.0 Å². The zero-order valence-corrected chi connectivity index (χ0v) is 20.8. The molecule has 1 saturated heterocycles. The second-order valence-electron chi connectivity index (χ2n) is 8.48. The first-order valence-corrected chi connectivity index (χ1v) is 12.8. The van der Waals surface area contributed by atoms with Crippen LogP contribution in [0.4, 0.5) is 5.69 Å². The molecule has 0 atom stereocenters. The highest BCUT2D eigenvalue weighted by Crippen LogP contribution is 2.21. The minimum absolute atomic E-state index is 0.174. The monoisotopic (exact) mass is 499 g/mol. The molecule has 10 nitrogen and oxygen atoms in total. The molecule has 3 aromatic rings. The Morgan fingerprint density at radius 1 is 1.09 bits per heavy atom. The van der Waals surface area contributed by atoms with E-state index in [4.69, 9.17) is 4.74 Å². The van der Waals surface area contributed by atoms with Gasteiger partial charge in [0.1, 0.15) is 11.6 Å². The number of piperazine rings is 1. The molecular weight excluding hydrogens is 470 g/mol. The minimum atomic E-state index is -3.56. The standard InChI is InChI=1S/C24H29N5O5S/c1-17(30)25-18-4-9-22-21(16-18)24(31)27(2)23(26-22)10-11-28-12-14-29(15-13-28)35(32,33)20-7-5-19(34-3)6-8-20/h4-9,16H,10-15H2,1-3H3,(H,25,30). The molecule has 2 heterocycles. The lowest BCUT2D eigenvalue weighted by molar-refractivity contribution is -0.114. The zero-order chi connectivity index (χ0) is 25.2. The molecule has 186 valence electrons. The van der Waals surface area contributed by atoms with Crippen molar-refractivity contribution in [2.75, 3.05) is 45.2 Å². The van der Waals surface area contributed by atoms with Crippen molar-refractivity contribution in [1.82, 2.24) is 18.8 Å². The van der Waals surface area contributed by atoms with Crippen LogP contribution in [0.15, 0.2) is 52.2 Å². The fraction of sp³-hybridized carbons (Fsp3) is 0.375. The lowest BCUT2D eigenvalue weighted by Gasteiger charge is -2.34. The van der Waals surface area contributed by atoms with Gasteiger partial charge in [0, 0.05) is 58.8 Å². The fourth-order valence-corrected chi connectivity index (χ4v) is 5.59. The van der Waals surface area contributed by atoms with Gasteiger partial charge in [0.05, 0.1) is 22.9 Å². The summed E-state index contributed by atoms with van der Waals surface area (Å²) in [5, 5.41) is 3.13. The minimum Gasteiger partial charge on any atom is -0.497 e. The van der Waals surface area contributed by atoms with Crippen molar-refractivity contribution in [2.45, 2.75) is 18.2 Å². The number of rotatable bonds is 7. The lowest BCUT2D eigenvalue weighted by Crippen LogP contribution is -2.49. The average Bonchev–Trinajstić information content (AvgIpc) is 2.85. The summed E-state index contributed by atoms with van der Waals surface area (Å²) in [5.41, 5.74) is 0.958. The van der Waals surface area contributed by atoms with Gasteiger partial charge in [-0.3, -0.25) is 14.2 Å². The summed E-state index contributed by atoms with van der Waals surface area (Å²) in [4.78, 5) is 31.3. The summed E-state index contributed by atoms with van der Waals surface area (Å²) in [6.45, 7) is 4.05. The molecule has 35 heavy (non-hydrogen) atoms. The van der Waals surface area contributed by atoms with Gasteiger partial charge in [-0.25, -0.2) is 13.4 Å². The first kappa shape index (κ1) is 24.8. The van der Waals surface area contributed by atoms with Gasteiger partial charge in [-0.05, 0) is 42.5 Å². The van der Waals surface area contributed by atoms with E-state index in [0.717, 1.165) is 0 Å². The number of amides is 1. The molecule has 1 aliphatic rings. The van der Waals surface area contributed by atoms with Crippen molar-refractivity contribution < 1.29 is 17.9 Å². The number of carbonyl (C=O) groups excluding carboxylic acids is 1. The van der Waals surface area contributed by atoms with Crippen LogP contribution in [0.3, 0.4) is 0 Å². The van der Waals surface area contributed by atoms with Crippen LogP contribution in [0.5, 0.6) is 5.75 Å². The predicted molar refractivity (Wildman–Crippen MR) is 133 cm³/mol. The van der Waals surface area contributed by atoms with Crippen molar-refractivity contribution in [3.63, 3.8) is 0 Å². The molecule has 0 unspecified atom stereocenters. The largest absolute Gasteiger partial charge is 0.497 e. The van der Waals surface area contributed by atoms with Crippen molar-refractivity contribution in [3.05, 3.63) is 58.6 Å². The van der Waals surface area contributed by atoms with Crippen molar-refractivity contribution in [2.24, 2.45) is 7.05 Å². The summed E-state index contributed by atoms with van der Waals surface area (Å²) in [7, 11) is -0.330. The van der Waals surface area contributed by atoms with Crippen LogP contribution in [0, 0.1) is 0 Å². The van der Waals surface area contributed by atoms with E-state index in [1.54, 1.807) is 49.5 Å². The highest BCUT2D eigenvalue weighted by Gasteiger charge is 2.28. The molecule has 2 aromatic carbocycles. The van der Waals surface area contributed by atoms with Crippen LogP contribution in [-0.2, 0) is 28.3 Å². The molecule has 0 spiro atoms. The van der Waals surface area contributed by atoms with E-state index in [0.29, 0.717) is 67.3 Å². The van der Waals surface area contributed by atoms with E-state index in [1.165, 1.54) is 22.9 Å². The molecular formula is C24H29N5O5S.